The molecule has 4 atom stereocenters. The number of carbonyl (C=O) groups excluding carboxylic acids is 1. The number of nitrogens with zero attached hydrogens (tertiary/aromatic N) is 1. The molecular weight excluding hydrogens is 438 g/mol. The number of carbonyl (C=O) groups is 1. The van der Waals surface area contributed by atoms with Crippen LogP contribution in [0.1, 0.15) is 47.7 Å². The van der Waals surface area contributed by atoms with Crippen LogP contribution in [0.3, 0.4) is 0 Å². The highest BCUT2D eigenvalue weighted by Crippen LogP contribution is 2.39. The first-order chi connectivity index (χ1) is 17.0. The molecule has 0 spiro atoms. The van der Waals surface area contributed by atoms with Gasteiger partial charge in [-0.3, -0.25) is 4.90 Å². The van der Waals surface area contributed by atoms with Gasteiger partial charge in [-0.1, -0.05) is 67.1 Å². The topological polar surface area (TPSA) is 59.4 Å². The summed E-state index contributed by atoms with van der Waals surface area (Å²) in [6.07, 6.45) is 3.93. The number of esters is 1. The Morgan fingerprint density at radius 2 is 1.80 bits per heavy atom. The van der Waals surface area contributed by atoms with Gasteiger partial charge in [-0.25, -0.2) is 9.59 Å². The molecule has 184 valence electrons. The zero-order chi connectivity index (χ0) is 24.8. The van der Waals surface area contributed by atoms with Crippen molar-refractivity contribution in [2.24, 2.45) is 5.92 Å². The highest BCUT2D eigenvalue weighted by molar-refractivity contribution is 5.89. The number of aliphatic hydroxyl groups is 1. The maximum absolute atomic E-state index is 12.3. The average Bonchev–Trinajstić information content (AvgIpc) is 3.13. The fourth-order valence-corrected chi connectivity index (χ4v) is 5.46. The number of hydrogen-bond donors (Lipinski definition) is 0. The summed E-state index contributed by atoms with van der Waals surface area (Å²) in [5.74, 6) is -0.229. The molecule has 35 heavy (non-hydrogen) atoms. The number of fused-ring (bicyclic) bond motifs is 3. The first-order valence-corrected chi connectivity index (χ1v) is 12.5. The Balaban J connectivity index is 0.000000189. The van der Waals surface area contributed by atoms with E-state index in [4.69, 9.17) is 4.74 Å². The molecule has 2 heterocycles. The van der Waals surface area contributed by atoms with Gasteiger partial charge in [-0.2, -0.15) is 0 Å². The summed E-state index contributed by atoms with van der Waals surface area (Å²) >= 11 is 0. The lowest BCUT2D eigenvalue weighted by Crippen LogP contribution is -2.52. The van der Waals surface area contributed by atoms with Crippen molar-refractivity contribution in [2.45, 2.75) is 57.7 Å². The van der Waals surface area contributed by atoms with Crippen LogP contribution in [0.5, 0.6) is 0 Å². The molecule has 5 rings (SSSR count). The first-order valence-electron chi connectivity index (χ1n) is 12.5. The summed E-state index contributed by atoms with van der Waals surface area (Å²) in [6.45, 7) is 6.30. The van der Waals surface area contributed by atoms with Crippen LogP contribution in [0.2, 0.25) is 0 Å². The summed E-state index contributed by atoms with van der Waals surface area (Å²) in [5, 5.41) is 2.70. The highest BCUT2D eigenvalue weighted by atomic mass is 16.6. The van der Waals surface area contributed by atoms with Crippen LogP contribution in [-0.2, 0) is 16.0 Å². The average molecular weight is 474 g/mol. The van der Waals surface area contributed by atoms with E-state index in [1.54, 1.807) is 18.6 Å². The van der Waals surface area contributed by atoms with Crippen LogP contribution < -0.4 is 0 Å². The quantitative estimate of drug-likeness (QED) is 0.287. The van der Waals surface area contributed by atoms with Gasteiger partial charge in [0.25, 0.3) is 0 Å². The van der Waals surface area contributed by atoms with Crippen LogP contribution in [0.4, 0.5) is 0 Å². The molecule has 2 saturated heterocycles. The standard InChI is InChI=1S/C17H21NO4.C13H14/c1-18-13-7-8-15(18)14(10-21-11-19)16(9-13)22-17(20)12-5-3-2-4-6-12;1-3-11-5-7-12-8-10(2)4-6-13(12)9-11/h2-6,13-16,21H,7-10H2,1H3;4-9H,3H2,1-2H3. The van der Waals surface area contributed by atoms with Gasteiger partial charge in [-0.05, 0) is 61.7 Å². The Bertz CT molecular complexity index is 1150. The lowest BCUT2D eigenvalue weighted by Gasteiger charge is -2.42. The minimum Gasteiger partial charge on any atom is -0.717 e. The summed E-state index contributed by atoms with van der Waals surface area (Å²) in [5.41, 5.74) is 3.31. The third-order valence-electron chi connectivity index (χ3n) is 7.47. The Morgan fingerprint density at radius 1 is 1.06 bits per heavy atom. The number of hydrogen-bond acceptors (Lipinski definition) is 4. The van der Waals surface area contributed by atoms with Gasteiger partial charge in [0.05, 0.1) is 18.1 Å². The number of aryl methyl sites for hydroxylation is 2. The molecule has 5 heteroatoms. The van der Waals surface area contributed by atoms with E-state index in [2.05, 4.69) is 66.9 Å². The molecule has 0 radical (unpaired) electrons. The predicted molar refractivity (Wildman–Crippen MR) is 139 cm³/mol. The number of piperidine rings is 1. The summed E-state index contributed by atoms with van der Waals surface area (Å²) in [7, 11) is 2.11. The number of rotatable bonds is 6. The summed E-state index contributed by atoms with van der Waals surface area (Å²) < 4.78 is 9.51. The first kappa shape index (κ1) is 24.9. The Hall–Kier alpha value is -3.18. The van der Waals surface area contributed by atoms with Gasteiger partial charge < -0.3 is 9.47 Å². The largest absolute Gasteiger partial charge is 0.717 e. The molecule has 0 saturated carbocycles. The molecular formula is C30H35NO4. The van der Waals surface area contributed by atoms with Crippen LogP contribution in [0, 0.1) is 12.8 Å². The van der Waals surface area contributed by atoms with E-state index >= 15 is 0 Å². The predicted octanol–water partition coefficient (Wildman–Crippen LogP) is 5.00. The van der Waals surface area contributed by atoms with Gasteiger partial charge in [0.2, 0.25) is 6.47 Å². The molecule has 3 aromatic rings. The van der Waals surface area contributed by atoms with Crippen LogP contribution >= 0.6 is 0 Å². The lowest BCUT2D eigenvalue weighted by atomic mass is 9.88. The third kappa shape index (κ3) is 5.91. The minimum absolute atomic E-state index is 0.0675. The van der Waals surface area contributed by atoms with Crippen molar-refractivity contribution in [2.75, 3.05) is 13.7 Å². The van der Waals surface area contributed by atoms with E-state index in [9.17, 15) is 9.59 Å². The van der Waals surface area contributed by atoms with E-state index in [-0.39, 0.29) is 18.0 Å². The molecule has 2 aliphatic rings. The zero-order valence-electron chi connectivity index (χ0n) is 20.8. The van der Waals surface area contributed by atoms with E-state index in [1.165, 1.54) is 21.9 Å². The smallest absolute Gasteiger partial charge is 0.338 e. The van der Waals surface area contributed by atoms with Crippen molar-refractivity contribution in [3.05, 3.63) is 83.4 Å². The fourth-order valence-electron chi connectivity index (χ4n) is 5.46. The monoisotopic (exact) mass is 473 g/mol. The van der Waals surface area contributed by atoms with Crippen molar-refractivity contribution in [3.8, 4) is 0 Å². The highest BCUT2D eigenvalue weighted by Gasteiger charge is 2.47. The maximum atomic E-state index is 12.3. The van der Waals surface area contributed by atoms with E-state index in [0.29, 0.717) is 24.3 Å². The second kappa shape index (κ2) is 11.5. The fraction of sp³-hybridized carbons (Fsp3) is 0.400. The Labute approximate surface area is 208 Å². The van der Waals surface area contributed by atoms with Crippen molar-refractivity contribution in [1.29, 1.82) is 0 Å². The molecule has 0 aliphatic carbocycles. The summed E-state index contributed by atoms with van der Waals surface area (Å²) in [4.78, 5) is 25.1. The third-order valence-corrected chi connectivity index (χ3v) is 7.47. The Kier molecular flexibility index (Phi) is 8.19. The molecule has 0 amide bonds. The molecule has 2 bridgehead atoms. The van der Waals surface area contributed by atoms with Crippen molar-refractivity contribution in [1.82, 2.24) is 4.90 Å². The summed E-state index contributed by atoms with van der Waals surface area (Å²) in [6, 6.07) is 23.1. The van der Waals surface area contributed by atoms with Gasteiger partial charge in [0.1, 0.15) is 6.10 Å². The molecule has 2 aliphatic heterocycles. The van der Waals surface area contributed by atoms with Gasteiger partial charge in [0, 0.05) is 18.5 Å². The zero-order valence-corrected chi connectivity index (χ0v) is 20.8. The molecule has 2 fully saturated rings. The minimum atomic E-state index is -0.297. The van der Waals surface area contributed by atoms with E-state index in [0.717, 1.165) is 25.7 Å². The van der Waals surface area contributed by atoms with E-state index in [1.807, 2.05) is 18.2 Å². The second-order valence-corrected chi connectivity index (χ2v) is 9.64. The SMILES string of the molecule is CCc1ccc2cc(C)ccc2c1.CN1C2CCC1C(C[OH+][C-]=O)C(OC(=O)c1ccccc1)C2. The molecule has 0 aromatic heterocycles. The van der Waals surface area contributed by atoms with E-state index < -0.39 is 0 Å². The van der Waals surface area contributed by atoms with Gasteiger partial charge in [-0.15, -0.1) is 0 Å². The molecule has 5 nitrogen and oxygen atoms in total. The maximum Gasteiger partial charge on any atom is 0.338 e. The van der Waals surface area contributed by atoms with Crippen molar-refractivity contribution >= 4 is 23.2 Å². The normalized spacial score (nSPS) is 23.3. The molecule has 4 unspecified atom stereocenters. The number of ether oxygens (including phenoxy) is 2. The van der Waals surface area contributed by atoms with Crippen molar-refractivity contribution < 1.29 is 19.1 Å². The number of benzene rings is 3. The van der Waals surface area contributed by atoms with Crippen LogP contribution in [0.25, 0.3) is 10.8 Å². The van der Waals surface area contributed by atoms with Gasteiger partial charge in [0.15, 0.2) is 0 Å². The van der Waals surface area contributed by atoms with Crippen molar-refractivity contribution in [3.63, 3.8) is 0 Å². The van der Waals surface area contributed by atoms with Crippen LogP contribution in [0.15, 0.2) is 66.7 Å². The molecule has 1 N–H and O–H groups in total. The molecule has 3 aromatic carbocycles. The lowest BCUT2D eigenvalue weighted by molar-refractivity contribution is -0.0693. The van der Waals surface area contributed by atoms with Crippen LogP contribution in [-0.4, -0.2) is 53.9 Å². The second-order valence-electron chi connectivity index (χ2n) is 9.64. The van der Waals surface area contributed by atoms with Gasteiger partial charge >= 0.3 is 5.97 Å². The Morgan fingerprint density at radius 3 is 2.54 bits per heavy atom.